The SMILES string of the molecule is CC/C=C/C=C/C=C/C=C/C=C/CCCC(=O)OCC(COCCC(C(=O)[O-])[N+](C)(C)C)OC(=O)CCCCCCCCCCCCCCCC. The second kappa shape index (κ2) is 34.1. The fourth-order valence-corrected chi connectivity index (χ4v) is 5.45. The lowest BCUT2D eigenvalue weighted by atomic mass is 10.0. The second-order valence-corrected chi connectivity index (χ2v) is 14.3. The Morgan fingerprint density at radius 3 is 1.61 bits per heavy atom. The predicted molar refractivity (Wildman–Crippen MR) is 208 cm³/mol. The molecule has 8 nitrogen and oxygen atoms in total. The van der Waals surface area contributed by atoms with Crippen molar-refractivity contribution in [2.24, 2.45) is 0 Å². The van der Waals surface area contributed by atoms with E-state index in [9.17, 15) is 19.5 Å². The highest BCUT2D eigenvalue weighted by Crippen LogP contribution is 2.14. The summed E-state index contributed by atoms with van der Waals surface area (Å²) in [6.45, 7) is 4.42. The fourth-order valence-electron chi connectivity index (χ4n) is 5.45. The highest BCUT2D eigenvalue weighted by Gasteiger charge is 2.25. The van der Waals surface area contributed by atoms with Crippen LogP contribution in [0.4, 0.5) is 0 Å². The van der Waals surface area contributed by atoms with Crippen LogP contribution in [0.1, 0.15) is 142 Å². The van der Waals surface area contributed by atoms with E-state index in [1.54, 1.807) is 21.1 Å². The molecule has 8 heteroatoms. The topological polar surface area (TPSA) is 102 Å². The number of nitrogens with zero attached hydrogens (tertiary/aromatic N) is 1. The van der Waals surface area contributed by atoms with Gasteiger partial charge in [-0.1, -0.05) is 158 Å². The van der Waals surface area contributed by atoms with E-state index >= 15 is 0 Å². The Kier molecular flexibility index (Phi) is 32.1. The van der Waals surface area contributed by atoms with Crippen molar-refractivity contribution in [1.29, 1.82) is 0 Å². The summed E-state index contributed by atoms with van der Waals surface area (Å²) in [4.78, 5) is 36.7. The molecule has 0 rings (SSSR count). The number of hydrogen-bond acceptors (Lipinski definition) is 7. The molecule has 0 heterocycles. The average Bonchev–Trinajstić information content (AvgIpc) is 3.08. The summed E-state index contributed by atoms with van der Waals surface area (Å²) in [5, 5.41) is 11.6. The Balaban J connectivity index is 4.52. The Bertz CT molecular complexity index is 1020. The van der Waals surface area contributed by atoms with E-state index in [4.69, 9.17) is 14.2 Å². The maximum absolute atomic E-state index is 12.7. The van der Waals surface area contributed by atoms with Crippen molar-refractivity contribution < 1.29 is 38.2 Å². The number of carboxylic acid groups (broad SMARTS) is 1. The number of hydrogen-bond donors (Lipinski definition) is 0. The molecule has 2 unspecified atom stereocenters. The van der Waals surface area contributed by atoms with Crippen molar-refractivity contribution in [2.75, 3.05) is 41.0 Å². The minimum Gasteiger partial charge on any atom is -0.544 e. The number of unbranched alkanes of at least 4 members (excludes halogenated alkanes) is 14. The molecule has 51 heavy (non-hydrogen) atoms. The van der Waals surface area contributed by atoms with E-state index in [-0.39, 0.29) is 49.1 Å². The minimum absolute atomic E-state index is 0.0173. The lowest BCUT2D eigenvalue weighted by Gasteiger charge is -2.34. The third-order valence-electron chi connectivity index (χ3n) is 8.55. The number of carbonyl (C=O) groups excluding carboxylic acids is 3. The Morgan fingerprint density at radius 1 is 0.608 bits per heavy atom. The largest absolute Gasteiger partial charge is 0.544 e. The lowest BCUT2D eigenvalue weighted by molar-refractivity contribution is -0.889. The van der Waals surface area contributed by atoms with Gasteiger partial charge in [0.25, 0.3) is 0 Å². The molecule has 0 aliphatic rings. The zero-order valence-corrected chi connectivity index (χ0v) is 33.0. The summed E-state index contributed by atoms with van der Waals surface area (Å²) in [5.41, 5.74) is 0. The molecule has 0 amide bonds. The molecule has 0 radical (unpaired) electrons. The number of aliphatic carboxylic acids is 1. The van der Waals surface area contributed by atoms with Crippen LogP contribution in [0.5, 0.6) is 0 Å². The van der Waals surface area contributed by atoms with Crippen molar-refractivity contribution in [1.82, 2.24) is 0 Å². The Labute approximate surface area is 311 Å². The lowest BCUT2D eigenvalue weighted by Crippen LogP contribution is -2.55. The number of likely N-dealkylation sites (N-methyl/N-ethyl adjacent to an activating group) is 1. The summed E-state index contributed by atoms with van der Waals surface area (Å²) in [7, 11) is 5.37. The van der Waals surface area contributed by atoms with Crippen LogP contribution < -0.4 is 5.11 Å². The molecular weight excluding hydrogens is 642 g/mol. The fraction of sp³-hybridized carbons (Fsp3) is 0.698. The van der Waals surface area contributed by atoms with E-state index in [2.05, 4.69) is 19.9 Å². The second-order valence-electron chi connectivity index (χ2n) is 14.3. The Morgan fingerprint density at radius 2 is 1.10 bits per heavy atom. The summed E-state index contributed by atoms with van der Waals surface area (Å²) < 4.78 is 17.0. The number of rotatable bonds is 34. The number of carbonyl (C=O) groups is 3. The van der Waals surface area contributed by atoms with Crippen molar-refractivity contribution in [3.05, 3.63) is 60.8 Å². The van der Waals surface area contributed by atoms with Gasteiger partial charge in [-0.2, -0.15) is 0 Å². The molecule has 0 saturated heterocycles. The molecule has 0 aliphatic carbocycles. The third-order valence-corrected chi connectivity index (χ3v) is 8.55. The number of ether oxygens (including phenoxy) is 3. The summed E-state index contributed by atoms with van der Waals surface area (Å²) in [5.74, 6) is -1.84. The van der Waals surface area contributed by atoms with Crippen molar-refractivity contribution in [3.63, 3.8) is 0 Å². The monoisotopic (exact) mass is 716 g/mol. The number of quaternary nitrogens is 1. The molecule has 0 spiro atoms. The van der Waals surface area contributed by atoms with Gasteiger partial charge in [-0.05, 0) is 25.7 Å². The van der Waals surface area contributed by atoms with Gasteiger partial charge in [-0.25, -0.2) is 0 Å². The van der Waals surface area contributed by atoms with E-state index < -0.39 is 18.1 Å². The van der Waals surface area contributed by atoms with Crippen LogP contribution >= 0.6 is 0 Å². The van der Waals surface area contributed by atoms with Gasteiger partial charge in [0.1, 0.15) is 12.6 Å². The van der Waals surface area contributed by atoms with Gasteiger partial charge in [0.15, 0.2) is 6.10 Å². The molecule has 0 aliphatic heterocycles. The molecule has 0 N–H and O–H groups in total. The Hall–Kier alpha value is -2.97. The first-order valence-electron chi connectivity index (χ1n) is 19.9. The van der Waals surface area contributed by atoms with Crippen LogP contribution in [0.3, 0.4) is 0 Å². The van der Waals surface area contributed by atoms with E-state index in [0.717, 1.165) is 32.1 Å². The van der Waals surface area contributed by atoms with Crippen LogP contribution in [0, 0.1) is 0 Å². The first kappa shape index (κ1) is 48.0. The summed E-state index contributed by atoms with van der Waals surface area (Å²) >= 11 is 0. The first-order chi connectivity index (χ1) is 24.6. The smallest absolute Gasteiger partial charge is 0.306 e. The third kappa shape index (κ3) is 32.7. The van der Waals surface area contributed by atoms with Crippen LogP contribution in [0.25, 0.3) is 0 Å². The number of carboxylic acids is 1. The zero-order valence-electron chi connectivity index (χ0n) is 33.0. The van der Waals surface area contributed by atoms with Crippen LogP contribution in [0.2, 0.25) is 0 Å². The predicted octanol–water partition coefficient (Wildman–Crippen LogP) is 8.91. The van der Waals surface area contributed by atoms with Crippen molar-refractivity contribution in [3.8, 4) is 0 Å². The first-order valence-corrected chi connectivity index (χ1v) is 19.9. The van der Waals surface area contributed by atoms with Gasteiger partial charge < -0.3 is 28.6 Å². The van der Waals surface area contributed by atoms with Crippen LogP contribution in [0.15, 0.2) is 60.8 Å². The molecule has 0 saturated carbocycles. The summed E-state index contributed by atoms with van der Waals surface area (Å²) in [6, 6.07) is -0.736. The normalized spacial score (nSPS) is 13.7. The molecule has 0 bridgehead atoms. The maximum Gasteiger partial charge on any atom is 0.306 e. The molecule has 2 atom stereocenters. The average molecular weight is 716 g/mol. The van der Waals surface area contributed by atoms with Crippen molar-refractivity contribution >= 4 is 17.9 Å². The maximum atomic E-state index is 12.7. The van der Waals surface area contributed by atoms with Crippen LogP contribution in [-0.2, 0) is 28.6 Å². The van der Waals surface area contributed by atoms with Gasteiger partial charge in [0.05, 0.1) is 40.3 Å². The van der Waals surface area contributed by atoms with E-state index in [1.165, 1.54) is 70.6 Å². The highest BCUT2D eigenvalue weighted by molar-refractivity contribution is 5.70. The van der Waals surface area contributed by atoms with E-state index in [1.807, 2.05) is 54.7 Å². The minimum atomic E-state index is -1.14. The number of esters is 2. The molecule has 0 aromatic carbocycles. The quantitative estimate of drug-likeness (QED) is 0.0284. The molecule has 0 aromatic heterocycles. The van der Waals surface area contributed by atoms with Crippen LogP contribution in [-0.4, -0.2) is 75.5 Å². The zero-order chi connectivity index (χ0) is 37.8. The van der Waals surface area contributed by atoms with Gasteiger partial charge in [-0.3, -0.25) is 9.59 Å². The van der Waals surface area contributed by atoms with Gasteiger partial charge >= 0.3 is 11.9 Å². The van der Waals surface area contributed by atoms with Gasteiger partial charge in [0.2, 0.25) is 0 Å². The van der Waals surface area contributed by atoms with Gasteiger partial charge in [0, 0.05) is 19.3 Å². The standard InChI is InChI=1S/C43H73NO7/c1-6-8-10-12-14-16-18-20-22-24-26-28-30-32-34-42(46)51-39(37-49-36-35-40(43(47)48)44(3,4)5)38-50-41(45)33-31-29-27-25-23-21-19-17-15-13-11-9-7-2/h9,11,13,15,17,19,21,23,25,27,39-40H,6-8,10,12,14,16,18,20,22,24,26,28-38H2,1-5H3/b11-9+,15-13+,19-17+,23-21+,27-25+. The van der Waals surface area contributed by atoms with Crippen molar-refractivity contribution in [2.45, 2.75) is 154 Å². The van der Waals surface area contributed by atoms with Gasteiger partial charge in [-0.15, -0.1) is 0 Å². The number of allylic oxidation sites excluding steroid dienone is 10. The molecule has 0 aromatic rings. The van der Waals surface area contributed by atoms with E-state index in [0.29, 0.717) is 12.8 Å². The molecular formula is C43H73NO7. The molecule has 0 fully saturated rings. The highest BCUT2D eigenvalue weighted by atomic mass is 16.6. The molecule has 292 valence electrons. The summed E-state index contributed by atoms with van der Waals surface area (Å²) in [6.07, 6.45) is 39.7.